The van der Waals surface area contributed by atoms with Crippen molar-refractivity contribution in [2.45, 2.75) is 19.1 Å². The molecule has 0 aliphatic carbocycles. The average molecular weight is 384 g/mol. The fourth-order valence-corrected chi connectivity index (χ4v) is 4.55. The molecule has 2 aromatic carbocycles. The maximum atomic E-state index is 12.3. The first-order chi connectivity index (χ1) is 12.5. The molecule has 1 amide bonds. The van der Waals surface area contributed by atoms with Crippen LogP contribution in [-0.4, -0.2) is 21.4 Å². The Kier molecular flexibility index (Phi) is 4.51. The van der Waals surface area contributed by atoms with Gasteiger partial charge in [0.05, 0.1) is 22.4 Å². The van der Waals surface area contributed by atoms with Gasteiger partial charge in [0.25, 0.3) is 0 Å². The Labute approximate surface area is 161 Å². The van der Waals surface area contributed by atoms with Crippen LogP contribution in [0.15, 0.2) is 48.5 Å². The van der Waals surface area contributed by atoms with E-state index in [0.717, 1.165) is 22.8 Å². The Balaban J connectivity index is 1.89. The van der Waals surface area contributed by atoms with E-state index < -0.39 is 0 Å². The summed E-state index contributed by atoms with van der Waals surface area (Å²) in [7, 11) is 0. The van der Waals surface area contributed by atoms with Gasteiger partial charge in [0.15, 0.2) is 0 Å². The smallest absolute Gasteiger partial charge is 0.235 e. The summed E-state index contributed by atoms with van der Waals surface area (Å²) in [5.41, 5.74) is 5.23. The maximum Gasteiger partial charge on any atom is 0.235 e. The van der Waals surface area contributed by atoms with E-state index in [2.05, 4.69) is 36.5 Å². The normalized spacial score (nSPS) is 16.7. The third-order valence-electron chi connectivity index (χ3n) is 4.42. The highest BCUT2D eigenvalue weighted by atomic mass is 35.5. The number of amides is 1. The van der Waals surface area contributed by atoms with Crippen molar-refractivity contribution in [1.29, 1.82) is 0 Å². The lowest BCUT2D eigenvalue weighted by molar-refractivity contribution is -0.113. The summed E-state index contributed by atoms with van der Waals surface area (Å²) >= 11 is 7.65. The van der Waals surface area contributed by atoms with Gasteiger partial charge in [-0.05, 0) is 43.7 Å². The average Bonchev–Trinajstić information content (AvgIpc) is 2.82. The first-order valence-corrected chi connectivity index (χ1v) is 9.79. The van der Waals surface area contributed by atoms with E-state index in [1.54, 1.807) is 16.4 Å². The Morgan fingerprint density at radius 3 is 2.69 bits per heavy atom. The molecule has 0 saturated heterocycles. The summed E-state index contributed by atoms with van der Waals surface area (Å²) in [5.74, 6) is 1.14. The molecule has 26 heavy (non-hydrogen) atoms. The number of benzene rings is 2. The lowest BCUT2D eigenvalue weighted by atomic mass is 10.0. The number of thioether (sulfide) groups is 1. The maximum absolute atomic E-state index is 12.3. The number of aromatic nitrogens is 2. The molecule has 1 atom stereocenters. The van der Waals surface area contributed by atoms with Gasteiger partial charge in [-0.3, -0.25) is 4.79 Å². The second-order valence-electron chi connectivity index (χ2n) is 6.39. The van der Waals surface area contributed by atoms with Crippen LogP contribution in [-0.2, 0) is 4.79 Å². The fourth-order valence-electron chi connectivity index (χ4n) is 3.25. The molecule has 1 aromatic heterocycles. The first-order valence-electron chi connectivity index (χ1n) is 8.36. The zero-order valence-corrected chi connectivity index (χ0v) is 16.1. The molecule has 0 spiro atoms. The second kappa shape index (κ2) is 6.82. The molecule has 0 fully saturated rings. The van der Waals surface area contributed by atoms with Crippen molar-refractivity contribution < 1.29 is 4.79 Å². The van der Waals surface area contributed by atoms with Crippen molar-refractivity contribution in [3.63, 3.8) is 0 Å². The predicted octanol–water partition coefficient (Wildman–Crippen LogP) is 4.92. The highest BCUT2D eigenvalue weighted by Crippen LogP contribution is 2.43. The van der Waals surface area contributed by atoms with Gasteiger partial charge in [-0.1, -0.05) is 41.4 Å². The lowest BCUT2D eigenvalue weighted by Gasteiger charge is -2.16. The van der Waals surface area contributed by atoms with Crippen LogP contribution in [0.25, 0.3) is 5.69 Å². The molecule has 1 aliphatic rings. The van der Waals surface area contributed by atoms with Gasteiger partial charge in [-0.25, -0.2) is 4.68 Å². The molecule has 1 N–H and O–H groups in total. The van der Waals surface area contributed by atoms with Crippen molar-refractivity contribution in [3.05, 3.63) is 75.9 Å². The summed E-state index contributed by atoms with van der Waals surface area (Å²) in [5, 5.41) is 8.49. The lowest BCUT2D eigenvalue weighted by Crippen LogP contribution is -2.15. The Morgan fingerprint density at radius 2 is 1.96 bits per heavy atom. The van der Waals surface area contributed by atoms with Crippen molar-refractivity contribution in [1.82, 2.24) is 9.78 Å². The van der Waals surface area contributed by atoms with Crippen LogP contribution in [0, 0.1) is 13.8 Å². The van der Waals surface area contributed by atoms with Crippen LogP contribution in [0.1, 0.15) is 27.6 Å². The predicted molar refractivity (Wildman–Crippen MR) is 107 cm³/mol. The summed E-state index contributed by atoms with van der Waals surface area (Å²) in [6, 6.07) is 15.9. The SMILES string of the molecule is Cc1cccc([C@H]2SCC(=O)Nc3c2c(C)nn3-c2ccc(Cl)cc2)c1. The minimum atomic E-state index is -0.0125. The van der Waals surface area contributed by atoms with E-state index >= 15 is 0 Å². The molecular weight excluding hydrogens is 366 g/mol. The summed E-state index contributed by atoms with van der Waals surface area (Å²) in [6.07, 6.45) is 0. The van der Waals surface area contributed by atoms with Crippen molar-refractivity contribution in [3.8, 4) is 5.69 Å². The number of halogens is 1. The highest BCUT2D eigenvalue weighted by Gasteiger charge is 2.30. The molecule has 4 nitrogen and oxygen atoms in total. The molecule has 3 aromatic rings. The van der Waals surface area contributed by atoms with E-state index in [9.17, 15) is 4.79 Å². The number of nitrogens with zero attached hydrogens (tertiary/aromatic N) is 2. The van der Waals surface area contributed by atoms with Gasteiger partial charge >= 0.3 is 0 Å². The number of anilines is 1. The van der Waals surface area contributed by atoms with Gasteiger partial charge in [-0.2, -0.15) is 5.10 Å². The number of fused-ring (bicyclic) bond motifs is 1. The minimum absolute atomic E-state index is 0.0125. The zero-order chi connectivity index (χ0) is 18.3. The second-order valence-corrected chi connectivity index (χ2v) is 7.92. The first kappa shape index (κ1) is 17.2. The molecule has 0 unspecified atom stereocenters. The standard InChI is InChI=1S/C20H18ClN3OS/c1-12-4-3-5-14(10-12)19-18-13(2)23-24(16-8-6-15(21)7-9-16)20(18)22-17(25)11-26-19/h3-10,19H,11H2,1-2H3,(H,22,25)/t19-/m1/s1. The van der Waals surface area contributed by atoms with E-state index in [0.29, 0.717) is 10.8 Å². The molecule has 6 heteroatoms. The van der Waals surface area contributed by atoms with Crippen LogP contribution in [0.5, 0.6) is 0 Å². The number of nitrogens with one attached hydrogen (secondary N) is 1. The third kappa shape index (κ3) is 3.13. The Morgan fingerprint density at radius 1 is 1.19 bits per heavy atom. The molecule has 4 rings (SSSR count). The van der Waals surface area contributed by atoms with Crippen molar-refractivity contribution in [2.24, 2.45) is 0 Å². The number of rotatable bonds is 2. The van der Waals surface area contributed by atoms with Gasteiger partial charge < -0.3 is 5.32 Å². The van der Waals surface area contributed by atoms with E-state index in [1.807, 2.05) is 31.2 Å². The van der Waals surface area contributed by atoms with Crippen molar-refractivity contribution in [2.75, 3.05) is 11.1 Å². The largest absolute Gasteiger partial charge is 0.310 e. The quantitative estimate of drug-likeness (QED) is 0.683. The molecule has 0 radical (unpaired) electrons. The molecule has 132 valence electrons. The number of carbonyl (C=O) groups is 1. The number of hydrogen-bond acceptors (Lipinski definition) is 3. The third-order valence-corrected chi connectivity index (χ3v) is 5.95. The van der Waals surface area contributed by atoms with Crippen LogP contribution in [0.4, 0.5) is 5.82 Å². The zero-order valence-electron chi connectivity index (χ0n) is 14.5. The Hall–Kier alpha value is -2.24. The Bertz CT molecular complexity index is 981. The van der Waals surface area contributed by atoms with Gasteiger partial charge in [0.2, 0.25) is 5.91 Å². The molecule has 0 bridgehead atoms. The molecule has 1 aliphatic heterocycles. The number of carbonyl (C=O) groups excluding carboxylic acids is 1. The van der Waals surface area contributed by atoms with Crippen LogP contribution in [0.3, 0.4) is 0 Å². The fraction of sp³-hybridized carbons (Fsp3) is 0.200. The van der Waals surface area contributed by atoms with E-state index in [-0.39, 0.29) is 11.2 Å². The summed E-state index contributed by atoms with van der Waals surface area (Å²) in [4.78, 5) is 12.3. The van der Waals surface area contributed by atoms with Crippen LogP contribution in [0.2, 0.25) is 5.02 Å². The number of aryl methyl sites for hydroxylation is 2. The highest BCUT2D eigenvalue weighted by molar-refractivity contribution is 8.00. The van der Waals surface area contributed by atoms with Crippen LogP contribution < -0.4 is 5.32 Å². The van der Waals surface area contributed by atoms with Gasteiger partial charge in [0.1, 0.15) is 5.82 Å². The molecule has 2 heterocycles. The topological polar surface area (TPSA) is 46.9 Å². The molecule has 0 saturated carbocycles. The van der Waals surface area contributed by atoms with Gasteiger partial charge in [0, 0.05) is 10.6 Å². The van der Waals surface area contributed by atoms with Crippen LogP contribution >= 0.6 is 23.4 Å². The molecular formula is C20H18ClN3OS. The minimum Gasteiger partial charge on any atom is -0.310 e. The van der Waals surface area contributed by atoms with E-state index in [1.165, 1.54) is 11.1 Å². The number of hydrogen-bond donors (Lipinski definition) is 1. The van der Waals surface area contributed by atoms with Crippen molar-refractivity contribution >= 4 is 35.1 Å². The monoisotopic (exact) mass is 383 g/mol. The van der Waals surface area contributed by atoms with E-state index in [4.69, 9.17) is 16.7 Å². The summed E-state index contributed by atoms with van der Waals surface area (Å²) in [6.45, 7) is 4.07. The summed E-state index contributed by atoms with van der Waals surface area (Å²) < 4.78 is 1.80. The van der Waals surface area contributed by atoms with Gasteiger partial charge in [-0.15, -0.1) is 11.8 Å².